The van der Waals surface area contributed by atoms with Crippen LogP contribution in [0.25, 0.3) is 0 Å². The zero-order valence-electron chi connectivity index (χ0n) is 9.97. The van der Waals surface area contributed by atoms with Gasteiger partial charge in [-0.05, 0) is 38.0 Å². The minimum atomic E-state index is -2.15. The molecular weight excluding hydrogens is 153 g/mol. The molecule has 0 fully saturated rings. The van der Waals surface area contributed by atoms with Gasteiger partial charge in [0.25, 0.3) is 0 Å². The summed E-state index contributed by atoms with van der Waals surface area (Å²) < 4.78 is 33.9. The molecule has 2 heteroatoms. The van der Waals surface area contributed by atoms with Gasteiger partial charge in [0, 0.05) is 10.2 Å². The molecule has 1 aromatic carbocycles. The Labute approximate surface area is 76.8 Å². The van der Waals surface area contributed by atoms with E-state index in [1.165, 1.54) is 12.1 Å². The second-order valence-electron chi connectivity index (χ2n) is 2.88. The van der Waals surface area contributed by atoms with E-state index >= 15 is 0 Å². The quantitative estimate of drug-likeness (QED) is 0.731. The highest BCUT2D eigenvalue weighted by atomic mass is 19.1. The zero-order valence-corrected chi connectivity index (χ0v) is 6.97. The Bertz CT molecular complexity index is 325. The number of likely N-dealkylation sites (N-methyl/N-ethyl adjacent to an activating group) is 1. The molecule has 0 amide bonds. The molecular formula is C10H14FN. The molecule has 1 nitrogen and oxygen atoms in total. The van der Waals surface area contributed by atoms with Gasteiger partial charge in [-0.3, -0.25) is 0 Å². The average molecular weight is 170 g/mol. The molecule has 1 unspecified atom stereocenters. The molecule has 0 radical (unpaired) electrons. The van der Waals surface area contributed by atoms with Crippen LogP contribution < -0.4 is 5.32 Å². The Balaban J connectivity index is 2.55. The van der Waals surface area contributed by atoms with Crippen LogP contribution in [-0.2, 0) is 6.42 Å². The van der Waals surface area contributed by atoms with Crippen molar-refractivity contribution in [2.45, 2.75) is 19.4 Å². The van der Waals surface area contributed by atoms with Crippen LogP contribution in [0.1, 0.15) is 16.6 Å². The van der Waals surface area contributed by atoms with Crippen molar-refractivity contribution in [2.75, 3.05) is 6.98 Å². The van der Waals surface area contributed by atoms with Crippen molar-refractivity contribution in [1.82, 2.24) is 5.32 Å². The van der Waals surface area contributed by atoms with Gasteiger partial charge in [-0.25, -0.2) is 4.39 Å². The van der Waals surface area contributed by atoms with E-state index in [0.29, 0.717) is 6.42 Å². The van der Waals surface area contributed by atoms with Gasteiger partial charge in [-0.15, -0.1) is 0 Å². The molecule has 1 aromatic rings. The Morgan fingerprint density at radius 3 is 3.17 bits per heavy atom. The first-order valence-corrected chi connectivity index (χ1v) is 3.89. The Morgan fingerprint density at radius 1 is 1.67 bits per heavy atom. The van der Waals surface area contributed by atoms with Crippen LogP contribution in [0, 0.1) is 5.82 Å². The Kier molecular flexibility index (Phi) is 2.00. The first kappa shape index (κ1) is 5.70. The number of nitrogens with one attached hydrogen (secondary N) is 1. The van der Waals surface area contributed by atoms with Crippen molar-refractivity contribution in [3.8, 4) is 0 Å². The zero-order chi connectivity index (χ0) is 11.5. The second-order valence-corrected chi connectivity index (χ2v) is 2.88. The van der Waals surface area contributed by atoms with E-state index in [-0.39, 0.29) is 11.9 Å². The third kappa shape index (κ3) is 2.62. The number of hydrogen-bond donors (Lipinski definition) is 1. The van der Waals surface area contributed by atoms with Crippen LogP contribution in [-0.4, -0.2) is 13.0 Å². The van der Waals surface area contributed by atoms with E-state index in [1.807, 2.05) is 0 Å². The summed E-state index contributed by atoms with van der Waals surface area (Å²) in [7, 11) is 0. The first-order valence-electron chi connectivity index (χ1n) is 5.39. The second kappa shape index (κ2) is 4.21. The van der Waals surface area contributed by atoms with Crippen LogP contribution in [0.5, 0.6) is 0 Å². The molecule has 0 bridgehead atoms. The molecule has 0 aliphatic carbocycles. The summed E-state index contributed by atoms with van der Waals surface area (Å²) in [6, 6.07) is 5.97. The minimum Gasteiger partial charge on any atom is -0.317 e. The van der Waals surface area contributed by atoms with E-state index < -0.39 is 6.98 Å². The van der Waals surface area contributed by atoms with Gasteiger partial charge in [0.1, 0.15) is 5.82 Å². The fraction of sp³-hybridized carbons (Fsp3) is 0.400. The molecule has 66 valence electrons. The van der Waals surface area contributed by atoms with Gasteiger partial charge in [0.15, 0.2) is 0 Å². The van der Waals surface area contributed by atoms with Crippen LogP contribution in [0.4, 0.5) is 4.39 Å². The monoisotopic (exact) mass is 170 g/mol. The summed E-state index contributed by atoms with van der Waals surface area (Å²) >= 11 is 0. The summed E-state index contributed by atoms with van der Waals surface area (Å²) in [6.07, 6.45) is 0.496. The fourth-order valence-corrected chi connectivity index (χ4v) is 1.07. The number of halogens is 1. The van der Waals surface area contributed by atoms with E-state index in [2.05, 4.69) is 5.32 Å². The van der Waals surface area contributed by atoms with Crippen molar-refractivity contribution in [3.05, 3.63) is 35.6 Å². The molecule has 1 N–H and O–H groups in total. The highest BCUT2D eigenvalue weighted by molar-refractivity contribution is 5.17. The SMILES string of the molecule is [2H]C([2H])([2H])NC(C)Cc1cccc(F)c1. The normalized spacial score (nSPS) is 17.7. The van der Waals surface area contributed by atoms with E-state index in [1.54, 1.807) is 19.1 Å². The summed E-state index contributed by atoms with van der Waals surface area (Å²) in [6.45, 7) is -0.385. The topological polar surface area (TPSA) is 12.0 Å². The van der Waals surface area contributed by atoms with Gasteiger partial charge in [0.05, 0.1) is 0 Å². The summed E-state index contributed by atoms with van der Waals surface area (Å²) in [5.41, 5.74) is 0.791. The summed E-state index contributed by atoms with van der Waals surface area (Å²) in [5.74, 6) is -0.298. The third-order valence-corrected chi connectivity index (χ3v) is 1.68. The fourth-order valence-electron chi connectivity index (χ4n) is 1.07. The highest BCUT2D eigenvalue weighted by Gasteiger charge is 2.00. The summed E-state index contributed by atoms with van der Waals surface area (Å²) in [5, 5.41) is 2.46. The van der Waals surface area contributed by atoms with Crippen molar-refractivity contribution in [1.29, 1.82) is 0 Å². The van der Waals surface area contributed by atoms with Crippen LogP contribution in [0.15, 0.2) is 24.3 Å². The predicted molar refractivity (Wildman–Crippen MR) is 48.6 cm³/mol. The number of hydrogen-bond acceptors (Lipinski definition) is 1. The largest absolute Gasteiger partial charge is 0.317 e. The lowest BCUT2D eigenvalue weighted by molar-refractivity contribution is 0.597. The van der Waals surface area contributed by atoms with Gasteiger partial charge in [0.2, 0.25) is 0 Å². The molecule has 1 atom stereocenters. The predicted octanol–water partition coefficient (Wildman–Crippen LogP) is 1.98. The first-order chi connectivity index (χ1) is 6.87. The molecule has 0 heterocycles. The van der Waals surface area contributed by atoms with Crippen LogP contribution in [0.2, 0.25) is 0 Å². The molecule has 0 saturated carbocycles. The molecule has 0 spiro atoms. The highest BCUT2D eigenvalue weighted by Crippen LogP contribution is 2.05. The molecule has 1 rings (SSSR count). The van der Waals surface area contributed by atoms with Gasteiger partial charge in [-0.1, -0.05) is 12.1 Å². The minimum absolute atomic E-state index is 0.209. The van der Waals surface area contributed by atoms with E-state index in [9.17, 15) is 4.39 Å². The van der Waals surface area contributed by atoms with Crippen molar-refractivity contribution in [2.24, 2.45) is 0 Å². The van der Waals surface area contributed by atoms with Crippen LogP contribution >= 0.6 is 0 Å². The van der Waals surface area contributed by atoms with Gasteiger partial charge in [-0.2, -0.15) is 0 Å². The maximum atomic E-state index is 12.8. The van der Waals surface area contributed by atoms with Crippen LogP contribution in [0.3, 0.4) is 0 Å². The molecule has 0 saturated heterocycles. The Morgan fingerprint density at radius 2 is 2.50 bits per heavy atom. The lowest BCUT2D eigenvalue weighted by Gasteiger charge is -2.09. The van der Waals surface area contributed by atoms with E-state index in [0.717, 1.165) is 5.56 Å². The van der Waals surface area contributed by atoms with Crippen molar-refractivity contribution >= 4 is 0 Å². The van der Waals surface area contributed by atoms with Gasteiger partial charge >= 0.3 is 0 Å². The third-order valence-electron chi connectivity index (χ3n) is 1.68. The molecule has 0 aliphatic heterocycles. The van der Waals surface area contributed by atoms with Gasteiger partial charge < -0.3 is 5.32 Å². The maximum absolute atomic E-state index is 12.8. The van der Waals surface area contributed by atoms with E-state index in [4.69, 9.17) is 4.11 Å². The molecule has 12 heavy (non-hydrogen) atoms. The van der Waals surface area contributed by atoms with Crippen molar-refractivity contribution in [3.63, 3.8) is 0 Å². The lowest BCUT2D eigenvalue weighted by Crippen LogP contribution is -2.23. The smallest absolute Gasteiger partial charge is 0.123 e. The average Bonchev–Trinajstić information content (AvgIpc) is 1.99. The Hall–Kier alpha value is -0.890. The molecule has 0 aliphatic rings. The van der Waals surface area contributed by atoms with Crippen molar-refractivity contribution < 1.29 is 8.50 Å². The summed E-state index contributed by atoms with van der Waals surface area (Å²) in [4.78, 5) is 0. The number of rotatable bonds is 3. The number of benzene rings is 1. The maximum Gasteiger partial charge on any atom is 0.123 e. The lowest BCUT2D eigenvalue weighted by atomic mass is 10.1. The molecule has 0 aromatic heterocycles. The standard InChI is InChI=1S/C10H14FN/c1-8(12-2)6-9-4-3-5-10(11)7-9/h3-5,7-8,12H,6H2,1-2H3/i2D3.